The van der Waals surface area contributed by atoms with Gasteiger partial charge in [0.2, 0.25) is 0 Å². The van der Waals surface area contributed by atoms with E-state index in [0.29, 0.717) is 39.4 Å². The van der Waals surface area contributed by atoms with Crippen molar-refractivity contribution >= 4 is 34.2 Å². The van der Waals surface area contributed by atoms with Crippen LogP contribution in [0.25, 0.3) is 22.5 Å². The number of nitrogens with zero attached hydrogens (tertiary/aromatic N) is 4. The summed E-state index contributed by atoms with van der Waals surface area (Å²) in [6.07, 6.45) is 3.12. The van der Waals surface area contributed by atoms with Crippen molar-refractivity contribution in [2.24, 2.45) is 7.05 Å². The van der Waals surface area contributed by atoms with Crippen LogP contribution >= 0.6 is 11.6 Å². The Morgan fingerprint density at radius 2 is 2.15 bits per heavy atom. The Morgan fingerprint density at radius 3 is 2.88 bits per heavy atom. The molecule has 130 valence electrons. The van der Waals surface area contributed by atoms with Crippen molar-refractivity contribution in [2.75, 3.05) is 5.32 Å². The first-order valence-electron chi connectivity index (χ1n) is 7.84. The number of amides is 1. The first kappa shape index (κ1) is 16.3. The maximum absolute atomic E-state index is 13.0. The van der Waals surface area contributed by atoms with Crippen molar-refractivity contribution < 1.29 is 9.21 Å². The van der Waals surface area contributed by atoms with Gasteiger partial charge in [-0.3, -0.25) is 9.48 Å². The maximum atomic E-state index is 13.0. The van der Waals surface area contributed by atoms with Crippen LogP contribution in [-0.2, 0) is 7.05 Å². The number of furan rings is 1. The average molecular weight is 368 g/mol. The van der Waals surface area contributed by atoms with Crippen LogP contribution in [0.2, 0.25) is 5.15 Å². The summed E-state index contributed by atoms with van der Waals surface area (Å²) in [4.78, 5) is 21.5. The molecular formula is C18H14ClN5O2. The number of hydrogen-bond acceptors (Lipinski definition) is 5. The van der Waals surface area contributed by atoms with Gasteiger partial charge in [-0.2, -0.15) is 5.10 Å². The van der Waals surface area contributed by atoms with Gasteiger partial charge < -0.3 is 9.73 Å². The van der Waals surface area contributed by atoms with E-state index in [-0.39, 0.29) is 11.1 Å². The molecule has 0 saturated carbocycles. The number of anilines is 1. The molecule has 0 aliphatic rings. The normalized spacial score (nSPS) is 11.0. The third-order valence-corrected chi connectivity index (χ3v) is 4.30. The number of carbonyl (C=O) groups excluding carboxylic acids is 1. The minimum atomic E-state index is -0.323. The number of halogens is 1. The number of fused-ring (bicyclic) bond motifs is 1. The van der Waals surface area contributed by atoms with Gasteiger partial charge >= 0.3 is 0 Å². The van der Waals surface area contributed by atoms with Crippen LogP contribution in [0.5, 0.6) is 0 Å². The van der Waals surface area contributed by atoms with E-state index in [1.165, 1.54) is 0 Å². The fourth-order valence-corrected chi connectivity index (χ4v) is 3.01. The smallest absolute Gasteiger partial charge is 0.256 e. The summed E-state index contributed by atoms with van der Waals surface area (Å²) in [6.45, 7) is 1.84. The number of pyridine rings is 2. The van der Waals surface area contributed by atoms with E-state index < -0.39 is 0 Å². The molecule has 4 heterocycles. The van der Waals surface area contributed by atoms with E-state index in [0.717, 1.165) is 0 Å². The Balaban J connectivity index is 1.87. The predicted molar refractivity (Wildman–Crippen MR) is 98.1 cm³/mol. The summed E-state index contributed by atoms with van der Waals surface area (Å²) in [5.41, 5.74) is 2.73. The average Bonchev–Trinajstić information content (AvgIpc) is 3.25. The van der Waals surface area contributed by atoms with Crippen LogP contribution in [0.1, 0.15) is 16.1 Å². The Morgan fingerprint density at radius 1 is 1.31 bits per heavy atom. The van der Waals surface area contributed by atoms with Crippen LogP contribution in [-0.4, -0.2) is 25.7 Å². The molecule has 0 radical (unpaired) electrons. The zero-order valence-electron chi connectivity index (χ0n) is 14.0. The molecule has 0 atom stereocenters. The maximum Gasteiger partial charge on any atom is 0.256 e. The molecule has 7 nitrogen and oxygen atoms in total. The molecule has 0 spiro atoms. The van der Waals surface area contributed by atoms with Gasteiger partial charge in [0.05, 0.1) is 28.6 Å². The second-order valence-corrected chi connectivity index (χ2v) is 6.09. The van der Waals surface area contributed by atoms with Crippen molar-refractivity contribution in [2.45, 2.75) is 6.92 Å². The summed E-state index contributed by atoms with van der Waals surface area (Å²) < 4.78 is 7.08. The van der Waals surface area contributed by atoms with Crippen molar-refractivity contribution in [1.29, 1.82) is 0 Å². The number of rotatable bonds is 3. The van der Waals surface area contributed by atoms with Crippen LogP contribution < -0.4 is 5.32 Å². The highest BCUT2D eigenvalue weighted by Gasteiger charge is 2.20. The SMILES string of the molecule is Cc1nn(C)c2nc(-c3ccco3)cc(C(=O)Nc3cccnc3Cl)c12. The van der Waals surface area contributed by atoms with E-state index in [4.69, 9.17) is 16.0 Å². The lowest BCUT2D eigenvalue weighted by Gasteiger charge is -2.09. The molecule has 0 fully saturated rings. The van der Waals surface area contributed by atoms with Gasteiger partial charge in [0, 0.05) is 13.2 Å². The molecule has 1 amide bonds. The number of carbonyl (C=O) groups is 1. The largest absolute Gasteiger partial charge is 0.463 e. The molecule has 4 aromatic heterocycles. The van der Waals surface area contributed by atoms with Crippen LogP contribution in [0.4, 0.5) is 5.69 Å². The molecular weight excluding hydrogens is 354 g/mol. The van der Waals surface area contributed by atoms with E-state index >= 15 is 0 Å². The number of aromatic nitrogens is 4. The van der Waals surface area contributed by atoms with E-state index in [2.05, 4.69) is 20.4 Å². The summed E-state index contributed by atoms with van der Waals surface area (Å²) in [7, 11) is 1.79. The summed E-state index contributed by atoms with van der Waals surface area (Å²) in [5, 5.41) is 8.09. The monoisotopic (exact) mass is 367 g/mol. The fraction of sp³-hybridized carbons (Fsp3) is 0.111. The van der Waals surface area contributed by atoms with E-state index in [1.54, 1.807) is 54.5 Å². The van der Waals surface area contributed by atoms with Gasteiger partial charge in [-0.05, 0) is 37.3 Å². The highest BCUT2D eigenvalue weighted by Crippen LogP contribution is 2.28. The predicted octanol–water partition coefficient (Wildman–Crippen LogP) is 3.84. The minimum absolute atomic E-state index is 0.223. The molecule has 0 unspecified atom stereocenters. The lowest BCUT2D eigenvalue weighted by atomic mass is 10.1. The van der Waals surface area contributed by atoms with E-state index in [1.807, 2.05) is 6.92 Å². The van der Waals surface area contributed by atoms with Crippen molar-refractivity contribution in [3.63, 3.8) is 0 Å². The molecule has 8 heteroatoms. The molecule has 0 bridgehead atoms. The van der Waals surface area contributed by atoms with Gasteiger partial charge in [0.1, 0.15) is 5.69 Å². The van der Waals surface area contributed by atoms with Crippen molar-refractivity contribution in [3.05, 3.63) is 59.2 Å². The van der Waals surface area contributed by atoms with Gasteiger partial charge in [0.15, 0.2) is 16.6 Å². The zero-order valence-corrected chi connectivity index (χ0v) is 14.8. The minimum Gasteiger partial charge on any atom is -0.463 e. The second-order valence-electron chi connectivity index (χ2n) is 5.74. The standard InChI is InChI=1S/C18H14ClN5O2/c1-10-15-11(18(25)22-12-5-3-7-20-16(12)19)9-13(14-6-4-8-26-14)21-17(15)24(2)23-10/h3-9H,1-2H3,(H,22,25). The Bertz CT molecular complexity index is 1120. The van der Waals surface area contributed by atoms with Gasteiger partial charge in [-0.25, -0.2) is 9.97 Å². The second kappa shape index (κ2) is 6.27. The number of aryl methyl sites for hydroxylation is 2. The van der Waals surface area contributed by atoms with Crippen molar-refractivity contribution in [3.8, 4) is 11.5 Å². The highest BCUT2D eigenvalue weighted by molar-refractivity contribution is 6.32. The van der Waals surface area contributed by atoms with Gasteiger partial charge in [0.25, 0.3) is 5.91 Å². The molecule has 4 aromatic rings. The summed E-state index contributed by atoms with van der Waals surface area (Å²) >= 11 is 6.05. The summed E-state index contributed by atoms with van der Waals surface area (Å²) in [5.74, 6) is 0.246. The first-order chi connectivity index (χ1) is 12.5. The van der Waals surface area contributed by atoms with Gasteiger partial charge in [-0.1, -0.05) is 11.6 Å². The first-order valence-corrected chi connectivity index (χ1v) is 8.22. The Hall–Kier alpha value is -3.19. The van der Waals surface area contributed by atoms with Crippen LogP contribution in [0.3, 0.4) is 0 Å². The molecule has 0 aliphatic heterocycles. The zero-order chi connectivity index (χ0) is 18.3. The molecule has 0 saturated heterocycles. The lowest BCUT2D eigenvalue weighted by Crippen LogP contribution is -2.14. The fourth-order valence-electron chi connectivity index (χ4n) is 2.84. The summed E-state index contributed by atoms with van der Waals surface area (Å²) in [6, 6.07) is 8.64. The van der Waals surface area contributed by atoms with E-state index in [9.17, 15) is 4.79 Å². The third kappa shape index (κ3) is 2.72. The molecule has 4 rings (SSSR count). The topological polar surface area (TPSA) is 85.8 Å². The molecule has 26 heavy (non-hydrogen) atoms. The molecule has 1 N–H and O–H groups in total. The van der Waals surface area contributed by atoms with Gasteiger partial charge in [-0.15, -0.1) is 0 Å². The van der Waals surface area contributed by atoms with Crippen LogP contribution in [0, 0.1) is 6.92 Å². The highest BCUT2D eigenvalue weighted by atomic mass is 35.5. The Kier molecular flexibility index (Phi) is 3.93. The quantitative estimate of drug-likeness (QED) is 0.556. The molecule has 0 aromatic carbocycles. The number of hydrogen-bond donors (Lipinski definition) is 1. The van der Waals surface area contributed by atoms with Crippen LogP contribution in [0.15, 0.2) is 47.2 Å². The number of nitrogens with one attached hydrogen (secondary N) is 1. The molecule has 0 aliphatic carbocycles. The Labute approximate surface area is 153 Å². The lowest BCUT2D eigenvalue weighted by molar-refractivity contribution is 0.102. The van der Waals surface area contributed by atoms with Crippen molar-refractivity contribution in [1.82, 2.24) is 19.7 Å². The third-order valence-electron chi connectivity index (χ3n) is 3.99.